The van der Waals surface area contributed by atoms with Gasteiger partial charge in [0.25, 0.3) is 0 Å². The first-order chi connectivity index (χ1) is 13.5. The van der Waals surface area contributed by atoms with Crippen molar-refractivity contribution in [3.05, 3.63) is 29.8 Å². The first kappa shape index (κ1) is 22.0. The van der Waals surface area contributed by atoms with Crippen LogP contribution in [0, 0.1) is 5.92 Å². The van der Waals surface area contributed by atoms with Crippen LogP contribution in [0.5, 0.6) is 5.75 Å². The Bertz CT molecular complexity index is 614. The van der Waals surface area contributed by atoms with Crippen molar-refractivity contribution in [2.24, 2.45) is 5.92 Å². The lowest BCUT2D eigenvalue weighted by Crippen LogP contribution is -2.40. The molecule has 0 radical (unpaired) electrons. The van der Waals surface area contributed by atoms with E-state index < -0.39 is 12.1 Å². The fraction of sp³-hybridized carbons (Fsp3) is 0.619. The molecule has 7 heteroatoms. The van der Waals surface area contributed by atoms with E-state index in [-0.39, 0.29) is 6.09 Å². The molecule has 156 valence electrons. The van der Waals surface area contributed by atoms with Crippen LogP contribution in [0.1, 0.15) is 38.7 Å². The SMILES string of the molecule is CCOC(=O)N(CCOc1ccc(CC(OCC)C(=O)O)cc1)CC1CCC1. The summed E-state index contributed by atoms with van der Waals surface area (Å²) in [5, 5.41) is 9.16. The van der Waals surface area contributed by atoms with Crippen molar-refractivity contribution in [3.8, 4) is 5.75 Å². The Morgan fingerprint density at radius 2 is 1.89 bits per heavy atom. The van der Waals surface area contributed by atoms with E-state index in [2.05, 4.69) is 0 Å². The van der Waals surface area contributed by atoms with Crippen LogP contribution in [0.3, 0.4) is 0 Å². The molecular formula is C21H31NO6. The van der Waals surface area contributed by atoms with E-state index in [0.717, 1.165) is 24.9 Å². The monoisotopic (exact) mass is 393 g/mol. The minimum absolute atomic E-state index is 0.288. The number of aliphatic carboxylic acids is 1. The Kier molecular flexibility index (Phi) is 9.07. The number of nitrogens with zero attached hydrogens (tertiary/aromatic N) is 1. The summed E-state index contributed by atoms with van der Waals surface area (Å²) in [5.74, 6) is 0.281. The average Bonchev–Trinajstić information content (AvgIpc) is 2.64. The summed E-state index contributed by atoms with van der Waals surface area (Å²) in [6.45, 7) is 5.87. The summed E-state index contributed by atoms with van der Waals surface area (Å²) in [6, 6.07) is 7.28. The molecule has 2 rings (SSSR count). The molecular weight excluding hydrogens is 362 g/mol. The van der Waals surface area contributed by atoms with E-state index in [0.29, 0.717) is 44.5 Å². The highest BCUT2D eigenvalue weighted by Crippen LogP contribution is 2.27. The number of hydrogen-bond donors (Lipinski definition) is 1. The molecule has 0 bridgehead atoms. The molecule has 0 spiro atoms. The summed E-state index contributed by atoms with van der Waals surface area (Å²) < 4.78 is 16.1. The Hall–Kier alpha value is -2.28. The van der Waals surface area contributed by atoms with E-state index in [1.807, 2.05) is 12.1 Å². The van der Waals surface area contributed by atoms with Crippen LogP contribution < -0.4 is 4.74 Å². The zero-order valence-electron chi connectivity index (χ0n) is 16.8. The largest absolute Gasteiger partial charge is 0.492 e. The van der Waals surface area contributed by atoms with Gasteiger partial charge < -0.3 is 24.2 Å². The maximum Gasteiger partial charge on any atom is 0.409 e. The van der Waals surface area contributed by atoms with Gasteiger partial charge in [0.05, 0.1) is 13.2 Å². The Morgan fingerprint density at radius 1 is 1.18 bits per heavy atom. The number of carbonyl (C=O) groups is 2. The van der Waals surface area contributed by atoms with Gasteiger partial charge in [0, 0.05) is 19.6 Å². The topological polar surface area (TPSA) is 85.3 Å². The van der Waals surface area contributed by atoms with E-state index in [4.69, 9.17) is 19.3 Å². The second-order valence-corrected chi connectivity index (χ2v) is 6.92. The van der Waals surface area contributed by atoms with Crippen LogP contribution >= 0.6 is 0 Å². The van der Waals surface area contributed by atoms with Crippen LogP contribution in [0.4, 0.5) is 4.79 Å². The molecule has 1 aromatic rings. The average molecular weight is 393 g/mol. The molecule has 1 N–H and O–H groups in total. The molecule has 1 aliphatic carbocycles. The molecule has 7 nitrogen and oxygen atoms in total. The Labute approximate surface area is 166 Å². The van der Waals surface area contributed by atoms with Gasteiger partial charge in [0.1, 0.15) is 12.4 Å². The fourth-order valence-electron chi connectivity index (χ4n) is 3.09. The fourth-order valence-corrected chi connectivity index (χ4v) is 3.09. The number of amides is 1. The lowest BCUT2D eigenvalue weighted by molar-refractivity contribution is -0.149. The smallest absolute Gasteiger partial charge is 0.409 e. The van der Waals surface area contributed by atoms with Gasteiger partial charge in [-0.15, -0.1) is 0 Å². The van der Waals surface area contributed by atoms with Crippen molar-refractivity contribution in [1.29, 1.82) is 0 Å². The van der Waals surface area contributed by atoms with Crippen LogP contribution in [-0.4, -0.2) is 61.1 Å². The molecule has 1 fully saturated rings. The number of carbonyl (C=O) groups excluding carboxylic acids is 1. The predicted octanol–water partition coefficient (Wildman–Crippen LogP) is 3.36. The summed E-state index contributed by atoms with van der Waals surface area (Å²) in [4.78, 5) is 25.0. The third kappa shape index (κ3) is 7.03. The third-order valence-corrected chi connectivity index (χ3v) is 4.85. The molecule has 1 unspecified atom stereocenters. The van der Waals surface area contributed by atoms with Crippen molar-refractivity contribution in [2.45, 2.75) is 45.6 Å². The van der Waals surface area contributed by atoms with Crippen molar-refractivity contribution < 1.29 is 28.9 Å². The molecule has 0 saturated heterocycles. The Morgan fingerprint density at radius 3 is 2.43 bits per heavy atom. The van der Waals surface area contributed by atoms with E-state index >= 15 is 0 Å². The molecule has 0 heterocycles. The molecule has 28 heavy (non-hydrogen) atoms. The lowest BCUT2D eigenvalue weighted by Gasteiger charge is -2.31. The van der Waals surface area contributed by atoms with Crippen LogP contribution in [0.2, 0.25) is 0 Å². The molecule has 1 aliphatic rings. The zero-order chi connectivity index (χ0) is 20.4. The number of carboxylic acids is 1. The van der Waals surface area contributed by atoms with Crippen LogP contribution in [0.15, 0.2) is 24.3 Å². The van der Waals surface area contributed by atoms with Crippen LogP contribution in [0.25, 0.3) is 0 Å². The summed E-state index contributed by atoms with van der Waals surface area (Å²) >= 11 is 0. The molecule has 1 aromatic carbocycles. The Balaban J connectivity index is 1.81. The highest BCUT2D eigenvalue weighted by Gasteiger charge is 2.24. The molecule has 1 saturated carbocycles. The van der Waals surface area contributed by atoms with Gasteiger partial charge in [-0.2, -0.15) is 0 Å². The van der Waals surface area contributed by atoms with E-state index in [1.165, 1.54) is 6.42 Å². The van der Waals surface area contributed by atoms with Crippen molar-refractivity contribution in [1.82, 2.24) is 4.90 Å². The quantitative estimate of drug-likeness (QED) is 0.586. The first-order valence-electron chi connectivity index (χ1n) is 10.0. The molecule has 0 aliphatic heterocycles. The zero-order valence-corrected chi connectivity index (χ0v) is 16.8. The number of carboxylic acid groups (broad SMARTS) is 1. The first-order valence-corrected chi connectivity index (χ1v) is 10.0. The summed E-state index contributed by atoms with van der Waals surface area (Å²) in [5.41, 5.74) is 0.867. The minimum Gasteiger partial charge on any atom is -0.492 e. The number of ether oxygens (including phenoxy) is 3. The van der Waals surface area contributed by atoms with Crippen molar-refractivity contribution >= 4 is 12.1 Å². The second kappa shape index (κ2) is 11.5. The van der Waals surface area contributed by atoms with Crippen LogP contribution in [-0.2, 0) is 20.7 Å². The van der Waals surface area contributed by atoms with Crippen molar-refractivity contribution in [2.75, 3.05) is 32.9 Å². The maximum atomic E-state index is 12.1. The molecule has 1 amide bonds. The lowest BCUT2D eigenvalue weighted by atomic mass is 9.85. The van der Waals surface area contributed by atoms with Gasteiger partial charge in [0.2, 0.25) is 0 Å². The second-order valence-electron chi connectivity index (χ2n) is 6.92. The number of hydrogen-bond acceptors (Lipinski definition) is 5. The van der Waals surface area contributed by atoms with Gasteiger partial charge >= 0.3 is 12.1 Å². The highest BCUT2D eigenvalue weighted by molar-refractivity contribution is 5.72. The predicted molar refractivity (Wildman–Crippen MR) is 105 cm³/mol. The van der Waals surface area contributed by atoms with E-state index in [1.54, 1.807) is 30.9 Å². The highest BCUT2D eigenvalue weighted by atomic mass is 16.6. The van der Waals surface area contributed by atoms with Gasteiger partial charge in [-0.3, -0.25) is 0 Å². The summed E-state index contributed by atoms with van der Waals surface area (Å²) in [7, 11) is 0. The van der Waals surface area contributed by atoms with Gasteiger partial charge in [0.15, 0.2) is 6.10 Å². The maximum absolute atomic E-state index is 12.1. The molecule has 1 atom stereocenters. The van der Waals surface area contributed by atoms with E-state index in [9.17, 15) is 9.59 Å². The summed E-state index contributed by atoms with van der Waals surface area (Å²) in [6.07, 6.45) is 2.73. The normalized spacial score (nSPS) is 14.8. The van der Waals surface area contributed by atoms with Crippen molar-refractivity contribution in [3.63, 3.8) is 0 Å². The van der Waals surface area contributed by atoms with Gasteiger partial charge in [-0.05, 0) is 50.3 Å². The van der Waals surface area contributed by atoms with Gasteiger partial charge in [-0.25, -0.2) is 9.59 Å². The number of benzene rings is 1. The minimum atomic E-state index is -0.965. The molecule has 0 aromatic heterocycles. The number of rotatable bonds is 12. The third-order valence-electron chi connectivity index (χ3n) is 4.85. The standard InChI is InChI=1S/C21H31NO6/c1-3-26-19(20(23)24)14-16-8-10-18(11-9-16)28-13-12-22(21(25)27-4-2)15-17-6-5-7-17/h8-11,17,19H,3-7,12-15H2,1-2H3,(H,23,24). The van der Waals surface area contributed by atoms with Gasteiger partial charge in [-0.1, -0.05) is 18.6 Å².